The van der Waals surface area contributed by atoms with Crippen LogP contribution in [-0.4, -0.2) is 28.5 Å². The second-order valence-corrected chi connectivity index (χ2v) is 6.55. The van der Waals surface area contributed by atoms with Gasteiger partial charge in [0.1, 0.15) is 0 Å². The zero-order chi connectivity index (χ0) is 15.8. The van der Waals surface area contributed by atoms with Crippen LogP contribution in [0, 0.1) is 37.0 Å². The molecule has 5 radical (unpaired) electrons. The van der Waals surface area contributed by atoms with E-state index in [0.717, 1.165) is 5.92 Å². The second kappa shape index (κ2) is 5.47. The van der Waals surface area contributed by atoms with Crippen molar-refractivity contribution in [1.82, 2.24) is 4.90 Å². The molecule has 1 aliphatic heterocycles. The van der Waals surface area contributed by atoms with Crippen LogP contribution in [0.4, 0.5) is 0 Å². The molecule has 0 aromatic rings. The van der Waals surface area contributed by atoms with Gasteiger partial charge in [-0.1, -0.05) is 32.9 Å². The van der Waals surface area contributed by atoms with E-state index in [-0.39, 0.29) is 5.91 Å². The summed E-state index contributed by atoms with van der Waals surface area (Å²) in [6, 6.07) is 0. The molecule has 4 heteroatoms. The zero-order valence-corrected chi connectivity index (χ0v) is 13.2. The number of hydrogen-bond acceptors (Lipinski definition) is 3. The van der Waals surface area contributed by atoms with Gasteiger partial charge in [-0.2, -0.15) is 0 Å². The molecule has 2 atom stereocenters. The number of amides is 1. The van der Waals surface area contributed by atoms with Crippen LogP contribution in [0.1, 0.15) is 34.6 Å². The van der Waals surface area contributed by atoms with Crippen molar-refractivity contribution in [2.45, 2.75) is 46.4 Å². The molecule has 1 heterocycles. The lowest BCUT2D eigenvalue weighted by atomic mass is 9.89. The van der Waals surface area contributed by atoms with E-state index < -0.39 is 23.2 Å². The quantitative estimate of drug-likeness (QED) is 0.579. The number of nitrogens with zero attached hydrogens (tertiary/aromatic N) is 1. The third-order valence-corrected chi connectivity index (χ3v) is 3.69. The fourth-order valence-corrected chi connectivity index (χ4v) is 2.54. The number of hydrogen-bond donors (Lipinski definition) is 0. The molecule has 0 aromatic carbocycles. The Hall–Kier alpha value is -1.32. The minimum absolute atomic E-state index is 0.111. The largest absolute Gasteiger partial charge is 0.439 e. The van der Waals surface area contributed by atoms with Crippen LogP contribution in [0.3, 0.4) is 0 Å². The zero-order valence-electron chi connectivity index (χ0n) is 13.2. The van der Waals surface area contributed by atoms with Crippen molar-refractivity contribution < 1.29 is 14.3 Å². The van der Waals surface area contributed by atoms with Gasteiger partial charge in [-0.15, -0.1) is 0 Å². The normalized spacial score (nSPS) is 31.2. The Balaban J connectivity index is 2.42. The molecule has 113 valence electrons. The van der Waals surface area contributed by atoms with Crippen LogP contribution < -0.4 is 0 Å². The Morgan fingerprint density at radius 2 is 1.90 bits per heavy atom. The standard InChI is InChI=1S/C17H22NO3/c1-6-11-17(5)15(20)21-13(12-9-7-8-10-12)18(17)14(19)16(2,3)4/h6-11,13H,1-5H3/b11-6+/t13-,17+/m0/s1. The predicted molar refractivity (Wildman–Crippen MR) is 79.8 cm³/mol. The highest BCUT2D eigenvalue weighted by Gasteiger charge is 2.57. The minimum atomic E-state index is -1.07. The number of carbonyl (C=O) groups excluding carboxylic acids is 2. The molecule has 2 aliphatic rings. The Morgan fingerprint density at radius 1 is 1.33 bits per heavy atom. The van der Waals surface area contributed by atoms with Gasteiger partial charge in [0.2, 0.25) is 5.91 Å². The van der Waals surface area contributed by atoms with E-state index in [2.05, 4.69) is 0 Å². The van der Waals surface area contributed by atoms with Crippen molar-refractivity contribution in [3.05, 3.63) is 43.8 Å². The Morgan fingerprint density at radius 3 is 2.38 bits per heavy atom. The van der Waals surface area contributed by atoms with Gasteiger partial charge in [0.25, 0.3) is 0 Å². The van der Waals surface area contributed by atoms with Crippen LogP contribution in [0.15, 0.2) is 12.2 Å². The lowest BCUT2D eigenvalue weighted by Gasteiger charge is -2.37. The summed E-state index contributed by atoms with van der Waals surface area (Å²) >= 11 is 0. The summed E-state index contributed by atoms with van der Waals surface area (Å²) < 4.78 is 5.52. The van der Waals surface area contributed by atoms with E-state index in [1.807, 2.05) is 53.4 Å². The third-order valence-electron chi connectivity index (χ3n) is 3.69. The van der Waals surface area contributed by atoms with Gasteiger partial charge in [-0.05, 0) is 39.5 Å². The highest BCUT2D eigenvalue weighted by molar-refractivity contribution is 5.94. The number of ether oxygens (including phenoxy) is 1. The average molecular weight is 288 g/mol. The average Bonchev–Trinajstić information content (AvgIpc) is 2.96. The molecule has 1 amide bonds. The molecule has 4 nitrogen and oxygen atoms in total. The van der Waals surface area contributed by atoms with Crippen molar-refractivity contribution in [3.8, 4) is 0 Å². The summed E-state index contributed by atoms with van der Waals surface area (Å²) in [6.45, 7) is 9.08. The third kappa shape index (κ3) is 2.72. The van der Waals surface area contributed by atoms with Crippen LogP contribution in [0.2, 0.25) is 0 Å². The van der Waals surface area contributed by atoms with E-state index in [1.165, 1.54) is 0 Å². The maximum absolute atomic E-state index is 12.9. The molecule has 0 spiro atoms. The first-order valence-electron chi connectivity index (χ1n) is 7.12. The van der Waals surface area contributed by atoms with Crippen molar-refractivity contribution in [2.24, 2.45) is 5.41 Å². The van der Waals surface area contributed by atoms with Crippen molar-refractivity contribution in [1.29, 1.82) is 0 Å². The van der Waals surface area contributed by atoms with Crippen LogP contribution in [0.25, 0.3) is 0 Å². The van der Waals surface area contributed by atoms with E-state index in [9.17, 15) is 9.59 Å². The lowest BCUT2D eigenvalue weighted by Crippen LogP contribution is -2.55. The molecule has 0 aromatic heterocycles. The van der Waals surface area contributed by atoms with Gasteiger partial charge in [0.15, 0.2) is 11.8 Å². The summed E-state index contributed by atoms with van der Waals surface area (Å²) in [7, 11) is 0. The molecule has 0 bridgehead atoms. The Labute approximate surface area is 127 Å². The molecule has 0 N–H and O–H groups in total. The highest BCUT2D eigenvalue weighted by atomic mass is 16.6. The minimum Gasteiger partial charge on any atom is -0.439 e. The fraction of sp³-hybridized carbons (Fsp3) is 0.471. The maximum atomic E-state index is 12.9. The van der Waals surface area contributed by atoms with Gasteiger partial charge < -0.3 is 4.74 Å². The summed E-state index contributed by atoms with van der Waals surface area (Å²) in [5.74, 6) is 0.304. The number of carbonyl (C=O) groups is 2. The molecule has 1 aliphatic carbocycles. The summed E-state index contributed by atoms with van der Waals surface area (Å²) in [5, 5.41) is 0. The number of allylic oxidation sites excluding steroid dienone is 1. The van der Waals surface area contributed by atoms with E-state index in [4.69, 9.17) is 4.74 Å². The van der Waals surface area contributed by atoms with Gasteiger partial charge in [0.05, 0.1) is 0 Å². The number of rotatable bonds is 2. The maximum Gasteiger partial charge on any atom is 0.337 e. The molecule has 21 heavy (non-hydrogen) atoms. The Bertz CT molecular complexity index is 457. The van der Waals surface area contributed by atoms with E-state index in [1.54, 1.807) is 24.0 Å². The van der Waals surface area contributed by atoms with Crippen molar-refractivity contribution in [2.75, 3.05) is 0 Å². The first-order valence-corrected chi connectivity index (χ1v) is 7.12. The molecule has 2 fully saturated rings. The molecular formula is C17H22NO3. The summed E-state index contributed by atoms with van der Waals surface area (Å²) in [6.07, 6.45) is 10.3. The first-order chi connectivity index (χ1) is 9.71. The van der Waals surface area contributed by atoms with Crippen molar-refractivity contribution >= 4 is 11.9 Å². The van der Waals surface area contributed by atoms with Gasteiger partial charge in [-0.3, -0.25) is 9.69 Å². The number of cyclic esters (lactones) is 1. The predicted octanol–water partition coefficient (Wildman–Crippen LogP) is 2.48. The van der Waals surface area contributed by atoms with Gasteiger partial charge >= 0.3 is 5.97 Å². The SMILES string of the molecule is C/C=C/[C@]1(C)C(=O)O[C@@H]([C]2[CH][CH][CH][CH]2)N1C(=O)C(C)(C)C. The fourth-order valence-electron chi connectivity index (χ4n) is 2.54. The topological polar surface area (TPSA) is 46.6 Å². The molecule has 0 unspecified atom stereocenters. The molecule has 1 saturated heterocycles. The number of esters is 1. The monoisotopic (exact) mass is 288 g/mol. The van der Waals surface area contributed by atoms with Crippen LogP contribution in [-0.2, 0) is 14.3 Å². The molecule has 1 saturated carbocycles. The Kier molecular flexibility index (Phi) is 4.18. The summed E-state index contributed by atoms with van der Waals surface area (Å²) in [5.41, 5.74) is -1.66. The summed E-state index contributed by atoms with van der Waals surface area (Å²) in [4.78, 5) is 26.8. The highest BCUT2D eigenvalue weighted by Crippen LogP contribution is 2.41. The molecule has 2 rings (SSSR count). The van der Waals surface area contributed by atoms with Crippen LogP contribution >= 0.6 is 0 Å². The smallest absolute Gasteiger partial charge is 0.337 e. The van der Waals surface area contributed by atoms with Gasteiger partial charge in [-0.25, -0.2) is 4.79 Å². The van der Waals surface area contributed by atoms with E-state index in [0.29, 0.717) is 0 Å². The van der Waals surface area contributed by atoms with Crippen LogP contribution in [0.5, 0.6) is 0 Å². The van der Waals surface area contributed by atoms with Crippen molar-refractivity contribution in [3.63, 3.8) is 0 Å². The molecular weight excluding hydrogens is 266 g/mol. The lowest BCUT2D eigenvalue weighted by molar-refractivity contribution is -0.146. The van der Waals surface area contributed by atoms with Gasteiger partial charge in [0, 0.05) is 11.3 Å². The first kappa shape index (κ1) is 16.1. The second-order valence-electron chi connectivity index (χ2n) is 6.55. The van der Waals surface area contributed by atoms with E-state index >= 15 is 0 Å².